The van der Waals surface area contributed by atoms with E-state index in [1.807, 2.05) is 13.1 Å². The zero-order chi connectivity index (χ0) is 17.0. The second-order valence-electron chi connectivity index (χ2n) is 4.84. The molecule has 0 bridgehead atoms. The van der Waals surface area contributed by atoms with E-state index < -0.39 is 6.61 Å². The number of nitrogens with zero attached hydrogens (tertiary/aromatic N) is 3. The number of hydrogen-bond donors (Lipinski definition) is 0. The maximum Gasteiger partial charge on any atom is 0.387 e. The molecular formula is C15H16BrF2N3O2. The van der Waals surface area contributed by atoms with Crippen LogP contribution in [0.4, 0.5) is 8.78 Å². The van der Waals surface area contributed by atoms with Gasteiger partial charge in [0.15, 0.2) is 0 Å². The molecule has 124 valence electrons. The molecule has 0 saturated heterocycles. The smallest absolute Gasteiger partial charge is 0.387 e. The fraction of sp³-hybridized carbons (Fsp3) is 0.333. The zero-order valence-corrected chi connectivity index (χ0v) is 14.3. The Bertz CT molecular complexity index is 674. The number of halogens is 3. The topological polar surface area (TPSA) is 47.4 Å². The molecule has 0 radical (unpaired) electrons. The van der Waals surface area contributed by atoms with Crippen molar-refractivity contribution in [3.05, 3.63) is 46.2 Å². The number of ether oxygens (including phenoxy) is 1. The molecule has 0 aliphatic heterocycles. The van der Waals surface area contributed by atoms with Crippen molar-refractivity contribution >= 4 is 21.8 Å². The molecule has 8 heteroatoms. The lowest BCUT2D eigenvalue weighted by molar-refractivity contribution is -0.0498. The third-order valence-corrected chi connectivity index (χ3v) is 3.83. The van der Waals surface area contributed by atoms with E-state index in [-0.39, 0.29) is 11.7 Å². The van der Waals surface area contributed by atoms with E-state index in [1.165, 1.54) is 29.2 Å². The number of benzene rings is 1. The minimum absolute atomic E-state index is 0.0173. The highest BCUT2D eigenvalue weighted by Crippen LogP contribution is 2.19. The summed E-state index contributed by atoms with van der Waals surface area (Å²) in [6.07, 6.45) is 1.85. The monoisotopic (exact) mass is 387 g/mol. The molecule has 5 nitrogen and oxygen atoms in total. The van der Waals surface area contributed by atoms with Crippen molar-refractivity contribution < 1.29 is 18.3 Å². The molecule has 0 N–H and O–H groups in total. The fourth-order valence-corrected chi connectivity index (χ4v) is 2.44. The summed E-state index contributed by atoms with van der Waals surface area (Å²) in [7, 11) is 1.66. The van der Waals surface area contributed by atoms with Crippen LogP contribution in [0.2, 0.25) is 0 Å². The summed E-state index contributed by atoms with van der Waals surface area (Å²) < 4.78 is 31.1. The Morgan fingerprint density at radius 3 is 2.57 bits per heavy atom. The molecule has 1 aromatic carbocycles. The quantitative estimate of drug-likeness (QED) is 0.761. The van der Waals surface area contributed by atoms with E-state index in [0.29, 0.717) is 12.1 Å². The molecule has 0 unspecified atom stereocenters. The first-order valence-electron chi connectivity index (χ1n) is 6.93. The van der Waals surface area contributed by atoms with Gasteiger partial charge < -0.3 is 9.64 Å². The number of rotatable bonds is 6. The van der Waals surface area contributed by atoms with Crippen LogP contribution in [0.1, 0.15) is 23.0 Å². The van der Waals surface area contributed by atoms with Crippen LogP contribution in [-0.4, -0.2) is 34.2 Å². The molecule has 1 aromatic heterocycles. The van der Waals surface area contributed by atoms with Crippen LogP contribution in [0.15, 0.2) is 34.9 Å². The van der Waals surface area contributed by atoms with Gasteiger partial charge in [-0.1, -0.05) is 0 Å². The largest absolute Gasteiger partial charge is 0.435 e. The molecule has 2 rings (SSSR count). The van der Waals surface area contributed by atoms with Crippen molar-refractivity contribution in [3.8, 4) is 5.75 Å². The van der Waals surface area contributed by atoms with E-state index in [0.717, 1.165) is 16.7 Å². The van der Waals surface area contributed by atoms with E-state index in [1.54, 1.807) is 11.7 Å². The van der Waals surface area contributed by atoms with Gasteiger partial charge in [0.1, 0.15) is 5.75 Å². The summed E-state index contributed by atoms with van der Waals surface area (Å²) in [5.41, 5.74) is 1.14. The van der Waals surface area contributed by atoms with Crippen LogP contribution in [-0.2, 0) is 13.1 Å². The number of carbonyl (C=O) groups excluding carboxylic acids is 1. The third-order valence-electron chi connectivity index (χ3n) is 3.17. The number of hydrogen-bond acceptors (Lipinski definition) is 3. The molecule has 0 aliphatic carbocycles. The zero-order valence-electron chi connectivity index (χ0n) is 12.7. The minimum Gasteiger partial charge on any atom is -0.435 e. The Morgan fingerprint density at radius 2 is 2.04 bits per heavy atom. The fourth-order valence-electron chi connectivity index (χ4n) is 2.00. The Balaban J connectivity index is 2.05. The molecule has 1 heterocycles. The number of aryl methyl sites for hydroxylation is 1. The van der Waals surface area contributed by atoms with Crippen molar-refractivity contribution in [3.63, 3.8) is 0 Å². The normalized spacial score (nSPS) is 10.9. The van der Waals surface area contributed by atoms with Gasteiger partial charge in [0.25, 0.3) is 5.91 Å². The summed E-state index contributed by atoms with van der Waals surface area (Å²) in [4.78, 5) is 13.9. The Morgan fingerprint density at radius 1 is 1.39 bits per heavy atom. The number of amides is 1. The van der Waals surface area contributed by atoms with Crippen LogP contribution >= 0.6 is 15.9 Å². The van der Waals surface area contributed by atoms with Gasteiger partial charge in [0.2, 0.25) is 0 Å². The van der Waals surface area contributed by atoms with Crippen molar-refractivity contribution in [2.24, 2.45) is 0 Å². The highest BCUT2D eigenvalue weighted by molar-refractivity contribution is 9.10. The van der Waals surface area contributed by atoms with Gasteiger partial charge >= 0.3 is 6.61 Å². The van der Waals surface area contributed by atoms with E-state index in [4.69, 9.17) is 0 Å². The summed E-state index contributed by atoms with van der Waals surface area (Å²) in [6.45, 7) is 0.162. The highest BCUT2D eigenvalue weighted by Gasteiger charge is 2.16. The molecule has 2 aromatic rings. The van der Waals surface area contributed by atoms with Gasteiger partial charge in [0.05, 0.1) is 16.7 Å². The van der Waals surface area contributed by atoms with Crippen LogP contribution in [0, 0.1) is 0 Å². The lowest BCUT2D eigenvalue weighted by Gasteiger charge is -2.16. The molecular weight excluding hydrogens is 372 g/mol. The van der Waals surface area contributed by atoms with Gasteiger partial charge in [-0.2, -0.15) is 13.9 Å². The third kappa shape index (κ3) is 4.51. The van der Waals surface area contributed by atoms with Crippen molar-refractivity contribution in [2.45, 2.75) is 26.6 Å². The second kappa shape index (κ2) is 7.54. The lowest BCUT2D eigenvalue weighted by Crippen LogP contribution is -2.26. The average Bonchev–Trinajstić information content (AvgIpc) is 2.87. The van der Waals surface area contributed by atoms with Crippen LogP contribution in [0.5, 0.6) is 5.75 Å². The molecule has 0 aliphatic rings. The maximum atomic E-state index is 12.4. The number of aromatic nitrogens is 2. The first-order chi connectivity index (χ1) is 10.9. The predicted molar refractivity (Wildman–Crippen MR) is 84.5 cm³/mol. The van der Waals surface area contributed by atoms with Crippen molar-refractivity contribution in [1.29, 1.82) is 0 Å². The van der Waals surface area contributed by atoms with Crippen molar-refractivity contribution in [1.82, 2.24) is 14.7 Å². The molecule has 0 fully saturated rings. The molecule has 0 saturated carbocycles. The summed E-state index contributed by atoms with van der Waals surface area (Å²) in [5, 5.41) is 4.36. The Kier molecular flexibility index (Phi) is 5.70. The minimum atomic E-state index is -2.88. The van der Waals surface area contributed by atoms with Crippen LogP contribution in [0.25, 0.3) is 0 Å². The molecule has 0 atom stereocenters. The maximum absolute atomic E-state index is 12.4. The molecule has 23 heavy (non-hydrogen) atoms. The lowest BCUT2D eigenvalue weighted by atomic mass is 10.2. The summed E-state index contributed by atoms with van der Waals surface area (Å²) in [6, 6.07) is 5.59. The average molecular weight is 388 g/mol. The van der Waals surface area contributed by atoms with Gasteiger partial charge in [-0.05, 0) is 47.1 Å². The van der Waals surface area contributed by atoms with Gasteiger partial charge in [-0.25, -0.2) is 0 Å². The van der Waals surface area contributed by atoms with Crippen LogP contribution < -0.4 is 4.74 Å². The second-order valence-corrected chi connectivity index (χ2v) is 5.70. The van der Waals surface area contributed by atoms with Gasteiger partial charge in [-0.15, -0.1) is 0 Å². The predicted octanol–water partition coefficient (Wildman–Crippen LogP) is 3.54. The Hall–Kier alpha value is -1.96. The standard InChI is InChI=1S/C15H16BrF2N3O2/c1-3-21-8-12(16)13(19-21)9-20(2)14(22)10-4-6-11(7-5-10)23-15(17)18/h4-8,15H,3,9H2,1-2H3. The number of carbonyl (C=O) groups is 1. The molecule has 1 amide bonds. The summed E-state index contributed by atoms with van der Waals surface area (Å²) in [5.74, 6) is -0.213. The Labute approximate surface area is 141 Å². The molecule has 0 spiro atoms. The first-order valence-corrected chi connectivity index (χ1v) is 7.72. The van der Waals surface area contributed by atoms with E-state index >= 15 is 0 Å². The van der Waals surface area contributed by atoms with E-state index in [2.05, 4.69) is 25.8 Å². The van der Waals surface area contributed by atoms with Gasteiger partial charge in [-0.3, -0.25) is 9.48 Å². The SMILES string of the molecule is CCn1cc(Br)c(CN(C)C(=O)c2ccc(OC(F)F)cc2)n1. The van der Waals surface area contributed by atoms with Crippen LogP contribution in [0.3, 0.4) is 0 Å². The van der Waals surface area contributed by atoms with Gasteiger partial charge in [0, 0.05) is 25.4 Å². The number of alkyl halides is 2. The first kappa shape index (κ1) is 17.4. The van der Waals surface area contributed by atoms with E-state index in [9.17, 15) is 13.6 Å². The highest BCUT2D eigenvalue weighted by atomic mass is 79.9. The summed E-state index contributed by atoms with van der Waals surface area (Å²) >= 11 is 3.42. The van der Waals surface area contributed by atoms with Crippen molar-refractivity contribution in [2.75, 3.05) is 7.05 Å².